The van der Waals surface area contributed by atoms with Crippen molar-refractivity contribution in [3.05, 3.63) is 63.6 Å². The first kappa shape index (κ1) is 18.1. The maximum Gasteiger partial charge on any atom is 0.328 e. The summed E-state index contributed by atoms with van der Waals surface area (Å²) in [6.45, 7) is 0. The molecule has 0 aliphatic carbocycles. The number of halogens is 2. The fraction of sp³-hybridized carbons (Fsp3) is 0.176. The summed E-state index contributed by atoms with van der Waals surface area (Å²) in [5.41, 5.74) is 0.964. The molecule has 0 saturated heterocycles. The van der Waals surface area contributed by atoms with E-state index < -0.39 is 17.9 Å². The van der Waals surface area contributed by atoms with Gasteiger partial charge in [0.25, 0.3) is 5.91 Å². The molecule has 2 N–H and O–H groups in total. The summed E-state index contributed by atoms with van der Waals surface area (Å²) < 4.78 is 4.74. The second kappa shape index (κ2) is 8.04. The number of amides is 1. The average molecular weight is 368 g/mol. The quantitative estimate of drug-likeness (QED) is 0.795. The maximum atomic E-state index is 12.3. The molecule has 0 unspecified atom stereocenters. The van der Waals surface area contributed by atoms with E-state index in [9.17, 15) is 14.7 Å². The van der Waals surface area contributed by atoms with Gasteiger partial charge in [0, 0.05) is 22.0 Å². The SMILES string of the molecule is COC(=O)[C@@H](Cc1ccc(Cl)cc1Cl)NC(=O)c1ccc(O)cc1. The molecular weight excluding hydrogens is 353 g/mol. The van der Waals surface area contributed by atoms with Crippen LogP contribution in [-0.4, -0.2) is 30.1 Å². The Labute approximate surface area is 149 Å². The molecule has 5 nitrogen and oxygen atoms in total. The molecule has 2 aromatic rings. The van der Waals surface area contributed by atoms with Crippen LogP contribution in [0.2, 0.25) is 10.0 Å². The normalized spacial score (nSPS) is 11.6. The van der Waals surface area contributed by atoms with E-state index in [0.29, 0.717) is 21.2 Å². The molecule has 1 amide bonds. The fourth-order valence-electron chi connectivity index (χ4n) is 2.10. The molecule has 0 bridgehead atoms. The highest BCUT2D eigenvalue weighted by Gasteiger charge is 2.23. The number of carbonyl (C=O) groups excluding carboxylic acids is 2. The topological polar surface area (TPSA) is 75.6 Å². The lowest BCUT2D eigenvalue weighted by Crippen LogP contribution is -2.43. The maximum absolute atomic E-state index is 12.3. The van der Waals surface area contributed by atoms with Gasteiger partial charge in [-0.3, -0.25) is 4.79 Å². The van der Waals surface area contributed by atoms with Crippen molar-refractivity contribution >= 4 is 35.1 Å². The van der Waals surface area contributed by atoms with Crippen LogP contribution in [0.5, 0.6) is 5.75 Å². The molecule has 0 fully saturated rings. The van der Waals surface area contributed by atoms with Crippen molar-refractivity contribution in [1.29, 1.82) is 0 Å². The van der Waals surface area contributed by atoms with Gasteiger partial charge in [-0.2, -0.15) is 0 Å². The number of nitrogens with one attached hydrogen (secondary N) is 1. The van der Waals surface area contributed by atoms with E-state index >= 15 is 0 Å². The Morgan fingerprint density at radius 1 is 1.17 bits per heavy atom. The molecule has 0 heterocycles. The summed E-state index contributed by atoms with van der Waals surface area (Å²) in [6, 6.07) is 9.68. The molecule has 0 spiro atoms. The number of esters is 1. The minimum atomic E-state index is -0.907. The van der Waals surface area contributed by atoms with Gasteiger partial charge < -0.3 is 15.2 Å². The first-order chi connectivity index (χ1) is 11.4. The number of benzene rings is 2. The van der Waals surface area contributed by atoms with Crippen LogP contribution in [0.15, 0.2) is 42.5 Å². The highest BCUT2D eigenvalue weighted by molar-refractivity contribution is 6.35. The lowest BCUT2D eigenvalue weighted by atomic mass is 10.1. The smallest absolute Gasteiger partial charge is 0.328 e. The van der Waals surface area contributed by atoms with Crippen LogP contribution in [0.3, 0.4) is 0 Å². The number of hydrogen-bond donors (Lipinski definition) is 2. The summed E-state index contributed by atoms with van der Waals surface area (Å²) in [7, 11) is 1.24. The molecular formula is C17H15Cl2NO4. The summed E-state index contributed by atoms with van der Waals surface area (Å²) in [5.74, 6) is -1.01. The van der Waals surface area contributed by atoms with Crippen LogP contribution >= 0.6 is 23.2 Å². The molecule has 2 aromatic carbocycles. The van der Waals surface area contributed by atoms with E-state index in [4.69, 9.17) is 27.9 Å². The predicted octanol–water partition coefficient (Wildman–Crippen LogP) is 3.21. The molecule has 7 heteroatoms. The first-order valence-electron chi connectivity index (χ1n) is 7.02. The number of carbonyl (C=O) groups is 2. The molecule has 0 radical (unpaired) electrons. The number of hydrogen-bond acceptors (Lipinski definition) is 4. The van der Waals surface area contributed by atoms with Gasteiger partial charge in [0.05, 0.1) is 7.11 Å². The van der Waals surface area contributed by atoms with Crippen molar-refractivity contribution in [1.82, 2.24) is 5.32 Å². The lowest BCUT2D eigenvalue weighted by molar-refractivity contribution is -0.142. The van der Waals surface area contributed by atoms with Crippen LogP contribution in [0.4, 0.5) is 0 Å². The second-order valence-electron chi connectivity index (χ2n) is 5.04. The number of phenolic OH excluding ortho intramolecular Hbond substituents is 1. The molecule has 0 saturated carbocycles. The zero-order valence-corrected chi connectivity index (χ0v) is 14.3. The third-order valence-corrected chi connectivity index (χ3v) is 3.95. The summed E-state index contributed by atoms with van der Waals surface area (Å²) >= 11 is 12.0. The van der Waals surface area contributed by atoms with E-state index in [2.05, 4.69) is 5.32 Å². The van der Waals surface area contributed by atoms with Crippen LogP contribution < -0.4 is 5.32 Å². The van der Waals surface area contributed by atoms with Gasteiger partial charge in [0.1, 0.15) is 11.8 Å². The molecule has 126 valence electrons. The Bertz CT molecular complexity index is 747. The van der Waals surface area contributed by atoms with Crippen molar-refractivity contribution in [2.45, 2.75) is 12.5 Å². The zero-order valence-electron chi connectivity index (χ0n) is 12.8. The third-order valence-electron chi connectivity index (χ3n) is 3.36. The summed E-state index contributed by atoms with van der Waals surface area (Å²) in [4.78, 5) is 24.2. The number of ether oxygens (including phenoxy) is 1. The zero-order chi connectivity index (χ0) is 17.7. The Morgan fingerprint density at radius 2 is 1.83 bits per heavy atom. The van der Waals surface area contributed by atoms with Crippen molar-refractivity contribution in [3.8, 4) is 5.75 Å². The van der Waals surface area contributed by atoms with E-state index in [1.807, 2.05) is 0 Å². The highest BCUT2D eigenvalue weighted by atomic mass is 35.5. The average Bonchev–Trinajstić information content (AvgIpc) is 2.56. The molecule has 1 atom stereocenters. The van der Waals surface area contributed by atoms with Gasteiger partial charge in [-0.05, 0) is 42.0 Å². The third kappa shape index (κ3) is 4.63. The number of methoxy groups -OCH3 is 1. The van der Waals surface area contributed by atoms with Gasteiger partial charge in [0.15, 0.2) is 0 Å². The second-order valence-corrected chi connectivity index (χ2v) is 5.88. The summed E-state index contributed by atoms with van der Waals surface area (Å²) in [5, 5.41) is 12.7. The minimum Gasteiger partial charge on any atom is -0.508 e. The number of rotatable bonds is 5. The Kier molecular flexibility index (Phi) is 6.06. The van der Waals surface area contributed by atoms with Gasteiger partial charge in [-0.1, -0.05) is 29.3 Å². The molecule has 24 heavy (non-hydrogen) atoms. The minimum absolute atomic E-state index is 0.0454. The molecule has 0 aliphatic heterocycles. The first-order valence-corrected chi connectivity index (χ1v) is 7.78. The van der Waals surface area contributed by atoms with Crippen LogP contribution in [-0.2, 0) is 16.0 Å². The highest BCUT2D eigenvalue weighted by Crippen LogP contribution is 2.22. The van der Waals surface area contributed by atoms with Crippen LogP contribution in [0.1, 0.15) is 15.9 Å². The Morgan fingerprint density at radius 3 is 2.42 bits per heavy atom. The van der Waals surface area contributed by atoms with Crippen molar-refractivity contribution < 1.29 is 19.4 Å². The molecule has 0 aliphatic rings. The van der Waals surface area contributed by atoms with Crippen LogP contribution in [0, 0.1) is 0 Å². The van der Waals surface area contributed by atoms with E-state index in [1.54, 1.807) is 18.2 Å². The van der Waals surface area contributed by atoms with E-state index in [1.165, 1.54) is 31.4 Å². The fourth-order valence-corrected chi connectivity index (χ4v) is 2.58. The van der Waals surface area contributed by atoms with Crippen molar-refractivity contribution in [3.63, 3.8) is 0 Å². The number of phenols is 1. The Balaban J connectivity index is 2.17. The van der Waals surface area contributed by atoms with Gasteiger partial charge >= 0.3 is 5.97 Å². The Hall–Kier alpha value is -2.24. The number of aromatic hydroxyl groups is 1. The van der Waals surface area contributed by atoms with E-state index in [-0.39, 0.29) is 12.2 Å². The van der Waals surface area contributed by atoms with Gasteiger partial charge in [-0.25, -0.2) is 4.79 Å². The van der Waals surface area contributed by atoms with E-state index in [0.717, 1.165) is 0 Å². The predicted molar refractivity (Wildman–Crippen MR) is 91.5 cm³/mol. The molecule has 2 rings (SSSR count). The standard InChI is InChI=1S/C17H15Cl2NO4/c1-24-17(23)15(8-11-2-5-12(18)9-14(11)19)20-16(22)10-3-6-13(21)7-4-10/h2-7,9,15,21H,8H2,1H3,(H,20,22)/t15-/m1/s1. The molecule has 0 aromatic heterocycles. The van der Waals surface area contributed by atoms with Crippen molar-refractivity contribution in [2.24, 2.45) is 0 Å². The van der Waals surface area contributed by atoms with Gasteiger partial charge in [0.2, 0.25) is 0 Å². The largest absolute Gasteiger partial charge is 0.508 e. The van der Waals surface area contributed by atoms with Crippen molar-refractivity contribution in [2.75, 3.05) is 7.11 Å². The monoisotopic (exact) mass is 367 g/mol. The van der Waals surface area contributed by atoms with Gasteiger partial charge in [-0.15, -0.1) is 0 Å². The van der Waals surface area contributed by atoms with Crippen LogP contribution in [0.25, 0.3) is 0 Å². The summed E-state index contributed by atoms with van der Waals surface area (Å²) in [6.07, 6.45) is 0.159. The lowest BCUT2D eigenvalue weighted by Gasteiger charge is -2.17.